The molecule has 2 saturated heterocycles. The minimum Gasteiger partial charge on any atom is -0.393 e. The minimum atomic E-state index is -1.12. The average Bonchev–Trinajstić information content (AvgIpc) is 3.39. The molecule has 2 N–H and O–H groups in total. The van der Waals surface area contributed by atoms with Gasteiger partial charge < -0.3 is 19.7 Å². The van der Waals surface area contributed by atoms with Crippen LogP contribution in [0.5, 0.6) is 0 Å². The molecule has 4 saturated carbocycles. The number of benzene rings is 1. The maximum absolute atomic E-state index is 13.9. The summed E-state index contributed by atoms with van der Waals surface area (Å²) in [5.74, 6) is -0.675. The molecule has 4 bridgehead atoms. The van der Waals surface area contributed by atoms with E-state index in [9.17, 15) is 15.0 Å². The molecule has 3 heterocycles. The van der Waals surface area contributed by atoms with Gasteiger partial charge in [-0.05, 0) is 48.2 Å². The van der Waals surface area contributed by atoms with Crippen LogP contribution in [0.15, 0.2) is 48.7 Å². The van der Waals surface area contributed by atoms with Crippen molar-refractivity contribution in [3.8, 4) is 0 Å². The van der Waals surface area contributed by atoms with Gasteiger partial charge >= 0.3 is 0 Å². The Balaban J connectivity index is 1.16. The second kappa shape index (κ2) is 8.80. The molecular formula is C31H39N3O5. The molecular weight excluding hydrogens is 494 g/mol. The van der Waals surface area contributed by atoms with Gasteiger partial charge in [-0.1, -0.05) is 62.4 Å². The SMILES string of the molecule is C=C1C(=O)[C@]23[C@H](O)[C@H]1C[C@H](O)[C@H]2[C@]12CCCC(C)(C)[C@H]1C[C@H]3O[C@@H]2OCCn1cc(Cc2ccccc2)nn1. The van der Waals surface area contributed by atoms with Crippen LogP contribution in [-0.4, -0.2) is 62.2 Å². The van der Waals surface area contributed by atoms with Crippen molar-refractivity contribution in [2.45, 2.75) is 83.5 Å². The van der Waals surface area contributed by atoms with Crippen molar-refractivity contribution < 1.29 is 24.5 Å². The Bertz CT molecular complexity index is 1290. The predicted molar refractivity (Wildman–Crippen MR) is 142 cm³/mol. The van der Waals surface area contributed by atoms with E-state index in [1.54, 1.807) is 4.68 Å². The molecule has 2 aliphatic heterocycles. The summed E-state index contributed by atoms with van der Waals surface area (Å²) in [4.78, 5) is 13.9. The van der Waals surface area contributed by atoms with E-state index in [-0.39, 0.29) is 17.1 Å². The molecule has 1 aromatic heterocycles. The first-order chi connectivity index (χ1) is 18.7. The van der Waals surface area contributed by atoms with Gasteiger partial charge in [0.15, 0.2) is 12.1 Å². The number of ether oxygens (including phenoxy) is 2. The number of aromatic nitrogens is 3. The molecule has 2 spiro atoms. The minimum absolute atomic E-state index is 0.0158. The van der Waals surface area contributed by atoms with Gasteiger partial charge in [0.05, 0.1) is 42.6 Å². The van der Waals surface area contributed by atoms with Crippen LogP contribution in [0.1, 0.15) is 57.2 Å². The van der Waals surface area contributed by atoms with Crippen LogP contribution < -0.4 is 0 Å². The van der Waals surface area contributed by atoms with E-state index < -0.39 is 47.3 Å². The quantitative estimate of drug-likeness (QED) is 0.549. The summed E-state index contributed by atoms with van der Waals surface area (Å²) in [5, 5.41) is 31.9. The zero-order valence-electron chi connectivity index (χ0n) is 22.8. The van der Waals surface area contributed by atoms with Gasteiger partial charge in [0.25, 0.3) is 0 Å². The molecule has 4 aliphatic carbocycles. The fourth-order valence-electron chi connectivity index (χ4n) is 9.66. The molecule has 39 heavy (non-hydrogen) atoms. The highest BCUT2D eigenvalue weighted by Gasteiger charge is 2.81. The Morgan fingerprint density at radius 2 is 1.97 bits per heavy atom. The summed E-state index contributed by atoms with van der Waals surface area (Å²) in [6, 6.07) is 10.2. The number of hydrogen-bond acceptors (Lipinski definition) is 7. The molecule has 6 aliphatic rings. The third kappa shape index (κ3) is 3.41. The fourth-order valence-corrected chi connectivity index (χ4v) is 9.66. The van der Waals surface area contributed by atoms with Gasteiger partial charge in [-0.15, -0.1) is 5.10 Å². The molecule has 0 unspecified atom stereocenters. The van der Waals surface area contributed by atoms with Crippen molar-refractivity contribution in [2.75, 3.05) is 6.61 Å². The number of aliphatic hydroxyl groups is 2. The van der Waals surface area contributed by atoms with E-state index in [1.807, 2.05) is 24.4 Å². The lowest BCUT2D eigenvalue weighted by atomic mass is 9.37. The van der Waals surface area contributed by atoms with Crippen LogP contribution >= 0.6 is 0 Å². The summed E-state index contributed by atoms with van der Waals surface area (Å²) in [7, 11) is 0. The highest BCUT2D eigenvalue weighted by Crippen LogP contribution is 2.75. The van der Waals surface area contributed by atoms with E-state index in [0.717, 1.165) is 31.4 Å². The third-order valence-electron chi connectivity index (χ3n) is 11.1. The standard InChI is InChI=1S/C31H39N3O5/c1-18-21-15-22(35)25-30-11-7-10-29(2,3)23(30)16-24(31(25,26(18)36)27(21)37)39-28(30)38-13-12-34-17-20(32-33-34)14-19-8-5-4-6-9-19/h4-6,8-9,17,21-25,27-28,35,37H,1,7,10-16H2,2-3H3/t21-,22-,23+,24+,25-,27+,28-,30-,31+/m0/s1. The van der Waals surface area contributed by atoms with E-state index in [1.165, 1.54) is 5.56 Å². The lowest BCUT2D eigenvalue weighted by molar-refractivity contribution is -0.402. The summed E-state index contributed by atoms with van der Waals surface area (Å²) in [5.41, 5.74) is 0.883. The fraction of sp³-hybridized carbons (Fsp3) is 0.645. The number of rotatable bonds is 6. The molecule has 8 nitrogen and oxygen atoms in total. The summed E-state index contributed by atoms with van der Waals surface area (Å²) >= 11 is 0. The van der Waals surface area contributed by atoms with Gasteiger partial charge in [-0.2, -0.15) is 0 Å². The van der Waals surface area contributed by atoms with Crippen LogP contribution in [0.4, 0.5) is 0 Å². The van der Waals surface area contributed by atoms with Gasteiger partial charge in [-0.25, -0.2) is 4.68 Å². The predicted octanol–water partition coefficient (Wildman–Crippen LogP) is 3.31. The topological polar surface area (TPSA) is 107 Å². The van der Waals surface area contributed by atoms with Crippen molar-refractivity contribution >= 4 is 5.78 Å². The van der Waals surface area contributed by atoms with Crippen molar-refractivity contribution in [3.63, 3.8) is 0 Å². The maximum atomic E-state index is 13.9. The monoisotopic (exact) mass is 533 g/mol. The number of carbonyl (C=O) groups excluding carboxylic acids is 1. The molecule has 8 rings (SSSR count). The lowest BCUT2D eigenvalue weighted by Gasteiger charge is -2.72. The first-order valence-electron chi connectivity index (χ1n) is 14.5. The molecule has 2 aromatic rings. The molecule has 0 amide bonds. The largest absolute Gasteiger partial charge is 0.393 e. The first-order valence-corrected chi connectivity index (χ1v) is 14.5. The van der Waals surface area contributed by atoms with Crippen molar-refractivity contribution in [2.24, 2.45) is 34.0 Å². The summed E-state index contributed by atoms with van der Waals surface area (Å²) < 4.78 is 15.1. The molecule has 208 valence electrons. The highest BCUT2D eigenvalue weighted by molar-refractivity contribution is 6.04. The number of hydrogen-bond donors (Lipinski definition) is 2. The normalized spacial score (nSPS) is 41.9. The molecule has 1 aromatic carbocycles. The van der Waals surface area contributed by atoms with Gasteiger partial charge in [0.2, 0.25) is 0 Å². The summed E-state index contributed by atoms with van der Waals surface area (Å²) in [6.07, 6.45) is 3.99. The summed E-state index contributed by atoms with van der Waals surface area (Å²) in [6.45, 7) is 9.57. The number of carbonyl (C=O) groups is 1. The Kier molecular flexibility index (Phi) is 5.77. The van der Waals surface area contributed by atoms with Crippen molar-refractivity contribution in [1.82, 2.24) is 15.0 Å². The van der Waals surface area contributed by atoms with Gasteiger partial charge in [-0.3, -0.25) is 4.79 Å². The van der Waals surface area contributed by atoms with E-state index in [4.69, 9.17) is 9.47 Å². The van der Waals surface area contributed by atoms with Gasteiger partial charge in [0.1, 0.15) is 0 Å². The second-order valence-corrected chi connectivity index (χ2v) is 13.3. The number of Topliss-reactive ketones (excluding diaryl/α,β-unsaturated/α-hetero) is 1. The Morgan fingerprint density at radius 3 is 2.77 bits per heavy atom. The molecule has 8 heteroatoms. The number of ketones is 1. The zero-order chi connectivity index (χ0) is 27.2. The number of aliphatic hydroxyl groups excluding tert-OH is 2. The van der Waals surface area contributed by atoms with Gasteiger partial charge in [0, 0.05) is 29.9 Å². The molecule has 6 fully saturated rings. The maximum Gasteiger partial charge on any atom is 0.170 e. The highest BCUT2D eigenvalue weighted by atomic mass is 16.7. The van der Waals surface area contributed by atoms with Crippen LogP contribution in [-0.2, 0) is 27.2 Å². The number of fused-ring (bicyclic) bond motifs is 2. The van der Waals surface area contributed by atoms with Crippen LogP contribution in [0, 0.1) is 34.0 Å². The van der Waals surface area contributed by atoms with E-state index in [0.29, 0.717) is 31.6 Å². The van der Waals surface area contributed by atoms with Crippen LogP contribution in [0.25, 0.3) is 0 Å². The van der Waals surface area contributed by atoms with E-state index in [2.05, 4.69) is 42.9 Å². The van der Waals surface area contributed by atoms with Crippen LogP contribution in [0.2, 0.25) is 0 Å². The zero-order valence-corrected chi connectivity index (χ0v) is 22.8. The average molecular weight is 534 g/mol. The first kappa shape index (κ1) is 25.6. The van der Waals surface area contributed by atoms with Crippen LogP contribution in [0.3, 0.4) is 0 Å². The smallest absolute Gasteiger partial charge is 0.170 e. The number of nitrogens with zero attached hydrogens (tertiary/aromatic N) is 3. The van der Waals surface area contributed by atoms with Crippen molar-refractivity contribution in [3.05, 3.63) is 59.9 Å². The Labute approximate surface area is 229 Å². The second-order valence-electron chi connectivity index (χ2n) is 13.3. The lowest BCUT2D eigenvalue weighted by Crippen LogP contribution is -2.78. The Morgan fingerprint density at radius 1 is 1.18 bits per heavy atom. The van der Waals surface area contributed by atoms with E-state index >= 15 is 0 Å². The molecule has 0 radical (unpaired) electrons. The Hall–Kier alpha value is -2.39. The molecule has 9 atom stereocenters. The third-order valence-corrected chi connectivity index (χ3v) is 11.1. The van der Waals surface area contributed by atoms with Crippen molar-refractivity contribution in [1.29, 1.82) is 0 Å².